The molecule has 3 nitrogen and oxygen atoms in total. The zero-order valence-corrected chi connectivity index (χ0v) is 11.1. The van der Waals surface area contributed by atoms with E-state index in [1.54, 1.807) is 6.20 Å². The van der Waals surface area contributed by atoms with E-state index in [1.807, 2.05) is 42.7 Å². The number of aliphatic hydroxyl groups is 1. The number of rotatable bonds is 4. The van der Waals surface area contributed by atoms with Crippen molar-refractivity contribution < 1.29 is 5.11 Å². The van der Waals surface area contributed by atoms with E-state index >= 15 is 0 Å². The van der Waals surface area contributed by atoms with Crippen molar-refractivity contribution >= 4 is 0 Å². The normalized spacial score (nSPS) is 10.7. The highest BCUT2D eigenvalue weighted by Gasteiger charge is 2.10. The Morgan fingerprint density at radius 3 is 2.55 bits per heavy atom. The Morgan fingerprint density at radius 2 is 1.85 bits per heavy atom. The van der Waals surface area contributed by atoms with Crippen LogP contribution in [0, 0.1) is 0 Å². The quantitative estimate of drug-likeness (QED) is 0.786. The topological polar surface area (TPSA) is 38.0 Å². The number of aromatic nitrogens is 2. The first-order valence-electron chi connectivity index (χ1n) is 6.61. The van der Waals surface area contributed by atoms with Gasteiger partial charge in [0.05, 0.1) is 12.3 Å². The summed E-state index contributed by atoms with van der Waals surface area (Å²) in [5.74, 6) is 0. The number of aliphatic hydroxyl groups excluding tert-OH is 1. The fourth-order valence-electron chi connectivity index (χ4n) is 2.41. The molecule has 2 heterocycles. The molecule has 0 aliphatic carbocycles. The molecule has 1 aromatic carbocycles. The molecule has 0 atom stereocenters. The SMILES string of the molecule is OCc1ccn(Cc2cccnc2)c1-c1ccccc1. The predicted octanol–water partition coefficient (Wildman–Crippen LogP) is 3.09. The average molecular weight is 264 g/mol. The first-order chi connectivity index (χ1) is 9.88. The van der Waals surface area contributed by atoms with Gasteiger partial charge < -0.3 is 9.67 Å². The monoisotopic (exact) mass is 264 g/mol. The van der Waals surface area contributed by atoms with Gasteiger partial charge in [-0.2, -0.15) is 0 Å². The van der Waals surface area contributed by atoms with E-state index in [0.29, 0.717) is 0 Å². The van der Waals surface area contributed by atoms with Gasteiger partial charge in [0.1, 0.15) is 0 Å². The smallest absolute Gasteiger partial charge is 0.0702 e. The van der Waals surface area contributed by atoms with Crippen LogP contribution < -0.4 is 0 Å². The van der Waals surface area contributed by atoms with Crippen molar-refractivity contribution in [3.63, 3.8) is 0 Å². The Kier molecular flexibility index (Phi) is 3.61. The third-order valence-electron chi connectivity index (χ3n) is 3.34. The second-order valence-corrected chi connectivity index (χ2v) is 4.70. The first kappa shape index (κ1) is 12.6. The third-order valence-corrected chi connectivity index (χ3v) is 3.34. The Bertz CT molecular complexity index is 675. The largest absolute Gasteiger partial charge is 0.392 e. The lowest BCUT2D eigenvalue weighted by atomic mass is 10.1. The Balaban J connectivity index is 2.02. The molecule has 0 saturated heterocycles. The highest BCUT2D eigenvalue weighted by molar-refractivity contribution is 5.64. The van der Waals surface area contributed by atoms with Gasteiger partial charge in [0.15, 0.2) is 0 Å². The van der Waals surface area contributed by atoms with Crippen LogP contribution in [0.1, 0.15) is 11.1 Å². The van der Waals surface area contributed by atoms with Crippen LogP contribution in [-0.2, 0) is 13.2 Å². The van der Waals surface area contributed by atoms with Gasteiger partial charge >= 0.3 is 0 Å². The average Bonchev–Trinajstić information content (AvgIpc) is 2.92. The van der Waals surface area contributed by atoms with Crippen molar-refractivity contribution in [1.29, 1.82) is 0 Å². The molecule has 0 radical (unpaired) electrons. The molecule has 2 aromatic heterocycles. The highest BCUT2D eigenvalue weighted by Crippen LogP contribution is 2.25. The van der Waals surface area contributed by atoms with Crippen LogP contribution in [0.2, 0.25) is 0 Å². The van der Waals surface area contributed by atoms with Gasteiger partial charge in [-0.25, -0.2) is 0 Å². The first-order valence-corrected chi connectivity index (χ1v) is 6.61. The molecule has 3 heteroatoms. The van der Waals surface area contributed by atoms with Crippen molar-refractivity contribution in [1.82, 2.24) is 9.55 Å². The van der Waals surface area contributed by atoms with Crippen LogP contribution >= 0.6 is 0 Å². The molecular formula is C17H16N2O. The molecule has 3 rings (SSSR count). The molecule has 3 aromatic rings. The Morgan fingerprint density at radius 1 is 1.00 bits per heavy atom. The van der Waals surface area contributed by atoms with Crippen LogP contribution in [0.4, 0.5) is 0 Å². The fourth-order valence-corrected chi connectivity index (χ4v) is 2.41. The van der Waals surface area contributed by atoms with Gasteiger partial charge in [0.2, 0.25) is 0 Å². The maximum absolute atomic E-state index is 9.53. The van der Waals surface area contributed by atoms with E-state index in [4.69, 9.17) is 0 Å². The van der Waals surface area contributed by atoms with Crippen molar-refractivity contribution in [2.45, 2.75) is 13.2 Å². The molecule has 0 saturated carbocycles. The Labute approximate surface area is 118 Å². The minimum Gasteiger partial charge on any atom is -0.392 e. The predicted molar refractivity (Wildman–Crippen MR) is 79.1 cm³/mol. The molecular weight excluding hydrogens is 248 g/mol. The lowest BCUT2D eigenvalue weighted by Crippen LogP contribution is -2.02. The van der Waals surface area contributed by atoms with E-state index in [1.165, 1.54) is 0 Å². The molecule has 0 spiro atoms. The number of hydrogen-bond donors (Lipinski definition) is 1. The molecule has 0 fully saturated rings. The summed E-state index contributed by atoms with van der Waals surface area (Å²) in [5.41, 5.74) is 4.27. The lowest BCUT2D eigenvalue weighted by molar-refractivity contribution is 0.282. The van der Waals surface area contributed by atoms with E-state index in [0.717, 1.165) is 28.9 Å². The summed E-state index contributed by atoms with van der Waals surface area (Å²) in [6.45, 7) is 0.794. The van der Waals surface area contributed by atoms with Crippen molar-refractivity contribution in [2.75, 3.05) is 0 Å². The standard InChI is InChI=1S/C17H16N2O/c20-13-16-8-10-19(12-14-5-4-9-18-11-14)17(16)15-6-2-1-3-7-15/h1-11,20H,12-13H2. The summed E-state index contributed by atoms with van der Waals surface area (Å²) in [4.78, 5) is 4.15. The van der Waals surface area contributed by atoms with Crippen molar-refractivity contribution in [2.24, 2.45) is 0 Å². The summed E-state index contributed by atoms with van der Waals surface area (Å²) >= 11 is 0. The van der Waals surface area contributed by atoms with Gasteiger partial charge in [-0.1, -0.05) is 36.4 Å². The summed E-state index contributed by atoms with van der Waals surface area (Å²) in [5, 5.41) is 9.53. The number of nitrogens with zero attached hydrogens (tertiary/aromatic N) is 2. The maximum Gasteiger partial charge on any atom is 0.0702 e. The molecule has 0 aliphatic heterocycles. The summed E-state index contributed by atoms with van der Waals surface area (Å²) < 4.78 is 2.15. The van der Waals surface area contributed by atoms with E-state index in [-0.39, 0.29) is 6.61 Å². The summed E-state index contributed by atoms with van der Waals surface area (Å²) in [6, 6.07) is 16.1. The van der Waals surface area contributed by atoms with Crippen LogP contribution in [0.5, 0.6) is 0 Å². The molecule has 100 valence electrons. The van der Waals surface area contributed by atoms with Crippen LogP contribution in [0.3, 0.4) is 0 Å². The lowest BCUT2D eigenvalue weighted by Gasteiger charge is -2.11. The Hall–Kier alpha value is -2.39. The number of benzene rings is 1. The van der Waals surface area contributed by atoms with E-state index < -0.39 is 0 Å². The fraction of sp³-hybridized carbons (Fsp3) is 0.118. The molecule has 20 heavy (non-hydrogen) atoms. The van der Waals surface area contributed by atoms with Gasteiger partial charge in [-0.3, -0.25) is 4.98 Å². The van der Waals surface area contributed by atoms with E-state index in [9.17, 15) is 5.11 Å². The molecule has 0 aliphatic rings. The zero-order chi connectivity index (χ0) is 13.8. The molecule has 0 unspecified atom stereocenters. The number of hydrogen-bond acceptors (Lipinski definition) is 2. The number of pyridine rings is 1. The summed E-state index contributed by atoms with van der Waals surface area (Å²) in [6.07, 6.45) is 5.66. The summed E-state index contributed by atoms with van der Waals surface area (Å²) in [7, 11) is 0. The minimum atomic E-state index is 0.0459. The minimum absolute atomic E-state index is 0.0459. The van der Waals surface area contributed by atoms with Gasteiger partial charge in [0, 0.05) is 30.7 Å². The van der Waals surface area contributed by atoms with Crippen LogP contribution in [-0.4, -0.2) is 14.7 Å². The van der Waals surface area contributed by atoms with Crippen molar-refractivity contribution in [3.05, 3.63) is 78.2 Å². The van der Waals surface area contributed by atoms with Crippen LogP contribution in [0.15, 0.2) is 67.1 Å². The van der Waals surface area contributed by atoms with Gasteiger partial charge in [-0.05, 0) is 23.3 Å². The maximum atomic E-state index is 9.53. The molecule has 0 amide bonds. The zero-order valence-electron chi connectivity index (χ0n) is 11.1. The second-order valence-electron chi connectivity index (χ2n) is 4.70. The van der Waals surface area contributed by atoms with Crippen molar-refractivity contribution in [3.8, 4) is 11.3 Å². The van der Waals surface area contributed by atoms with E-state index in [2.05, 4.69) is 27.8 Å². The van der Waals surface area contributed by atoms with Gasteiger partial charge in [0.25, 0.3) is 0 Å². The highest BCUT2D eigenvalue weighted by atomic mass is 16.3. The van der Waals surface area contributed by atoms with Crippen LogP contribution in [0.25, 0.3) is 11.3 Å². The second kappa shape index (κ2) is 5.72. The molecule has 0 bridgehead atoms. The molecule has 1 N–H and O–H groups in total. The third kappa shape index (κ3) is 2.49. The van der Waals surface area contributed by atoms with Gasteiger partial charge in [-0.15, -0.1) is 0 Å².